The Bertz CT molecular complexity index is 886. The van der Waals surface area contributed by atoms with Crippen LogP contribution in [0.1, 0.15) is 25.3 Å². The lowest BCUT2D eigenvalue weighted by molar-refractivity contribution is -0.115. The monoisotopic (exact) mass is 380 g/mol. The van der Waals surface area contributed by atoms with Gasteiger partial charge in [-0.2, -0.15) is 0 Å². The Kier molecular flexibility index (Phi) is 5.13. The zero-order chi connectivity index (χ0) is 19.7. The van der Waals surface area contributed by atoms with Crippen LogP contribution < -0.4 is 10.2 Å². The van der Waals surface area contributed by atoms with E-state index < -0.39 is 5.92 Å². The van der Waals surface area contributed by atoms with Crippen molar-refractivity contribution in [2.75, 3.05) is 36.4 Å². The summed E-state index contributed by atoms with van der Waals surface area (Å²) in [6.45, 7) is 8.63. The standard InChI is InChI=1S/C22H25FN4O/c1-15(2)26-10-12-27(13-11-26)17-8-6-16(7-9-17)24-14-18-21-19(23)4-3-5-20(21)25-22(18)28/h3-9,14-15,18H,10-13H2,1-2H3,(H,25,28). The van der Waals surface area contributed by atoms with Gasteiger partial charge >= 0.3 is 0 Å². The van der Waals surface area contributed by atoms with Gasteiger partial charge in [-0.25, -0.2) is 4.39 Å². The summed E-state index contributed by atoms with van der Waals surface area (Å²) in [5, 5.41) is 2.71. The van der Waals surface area contributed by atoms with E-state index in [9.17, 15) is 9.18 Å². The van der Waals surface area contributed by atoms with Gasteiger partial charge in [-0.3, -0.25) is 14.7 Å². The quantitative estimate of drug-likeness (QED) is 0.821. The van der Waals surface area contributed by atoms with Crippen LogP contribution in [0.25, 0.3) is 0 Å². The molecule has 0 aromatic heterocycles. The van der Waals surface area contributed by atoms with Crippen molar-refractivity contribution in [2.24, 2.45) is 4.99 Å². The molecule has 2 aliphatic heterocycles. The molecule has 0 saturated carbocycles. The molecule has 6 heteroatoms. The van der Waals surface area contributed by atoms with Gasteiger partial charge in [0.15, 0.2) is 0 Å². The molecule has 0 aliphatic carbocycles. The predicted octanol–water partition coefficient (Wildman–Crippen LogP) is 3.79. The highest BCUT2D eigenvalue weighted by Crippen LogP contribution is 2.34. The molecule has 4 rings (SSSR count). The summed E-state index contributed by atoms with van der Waals surface area (Å²) in [5.41, 5.74) is 2.83. The highest BCUT2D eigenvalue weighted by Gasteiger charge is 2.31. The van der Waals surface area contributed by atoms with E-state index in [4.69, 9.17) is 0 Å². The van der Waals surface area contributed by atoms with Gasteiger partial charge in [-0.15, -0.1) is 0 Å². The van der Waals surface area contributed by atoms with E-state index in [1.165, 1.54) is 18.0 Å². The average molecular weight is 380 g/mol. The van der Waals surface area contributed by atoms with Crippen molar-refractivity contribution in [2.45, 2.75) is 25.8 Å². The van der Waals surface area contributed by atoms with Gasteiger partial charge in [0.2, 0.25) is 5.91 Å². The second-order valence-corrected chi connectivity index (χ2v) is 7.58. The van der Waals surface area contributed by atoms with E-state index in [1.807, 2.05) is 12.1 Å². The highest BCUT2D eigenvalue weighted by molar-refractivity contribution is 6.12. The molecule has 0 spiro atoms. The summed E-state index contributed by atoms with van der Waals surface area (Å²) in [6, 6.07) is 13.2. The number of rotatable bonds is 4. The van der Waals surface area contributed by atoms with E-state index in [1.54, 1.807) is 12.1 Å². The molecule has 1 N–H and O–H groups in total. The van der Waals surface area contributed by atoms with Crippen molar-refractivity contribution in [3.05, 3.63) is 53.8 Å². The minimum absolute atomic E-state index is 0.247. The van der Waals surface area contributed by atoms with Gasteiger partial charge in [-0.1, -0.05) is 6.07 Å². The first-order valence-electron chi connectivity index (χ1n) is 9.75. The predicted molar refractivity (Wildman–Crippen MR) is 111 cm³/mol. The van der Waals surface area contributed by atoms with Crippen LogP contribution in [0.3, 0.4) is 0 Å². The fourth-order valence-electron chi connectivity index (χ4n) is 3.85. The SMILES string of the molecule is CC(C)N1CCN(c2ccc(N=CC3C(=O)Nc4cccc(F)c43)cc2)CC1. The maximum Gasteiger partial charge on any atom is 0.237 e. The first-order chi connectivity index (χ1) is 13.5. The van der Waals surface area contributed by atoms with Crippen molar-refractivity contribution in [1.29, 1.82) is 0 Å². The topological polar surface area (TPSA) is 47.9 Å². The molecule has 1 atom stereocenters. The Morgan fingerprint density at radius 2 is 1.82 bits per heavy atom. The van der Waals surface area contributed by atoms with E-state index in [2.05, 4.69) is 46.1 Å². The van der Waals surface area contributed by atoms with Crippen LogP contribution in [0.2, 0.25) is 0 Å². The smallest absolute Gasteiger partial charge is 0.237 e. The number of piperazine rings is 1. The Balaban J connectivity index is 1.44. The Hall–Kier alpha value is -2.73. The number of halogens is 1. The number of carbonyl (C=O) groups is 1. The van der Waals surface area contributed by atoms with Crippen molar-refractivity contribution < 1.29 is 9.18 Å². The third-order valence-corrected chi connectivity index (χ3v) is 5.54. The molecule has 1 unspecified atom stereocenters. The Morgan fingerprint density at radius 1 is 1.11 bits per heavy atom. The van der Waals surface area contributed by atoms with E-state index in [-0.39, 0.29) is 11.7 Å². The van der Waals surface area contributed by atoms with Crippen molar-refractivity contribution >= 4 is 29.2 Å². The van der Waals surface area contributed by atoms with E-state index in [0.29, 0.717) is 17.3 Å². The average Bonchev–Trinajstić information content (AvgIpc) is 3.03. The molecule has 2 aliphatic rings. The van der Waals surface area contributed by atoms with Crippen LogP contribution in [0.4, 0.5) is 21.5 Å². The van der Waals surface area contributed by atoms with Gasteiger partial charge in [0.25, 0.3) is 0 Å². The number of amides is 1. The Labute approximate surface area is 164 Å². The fourth-order valence-corrected chi connectivity index (χ4v) is 3.85. The van der Waals surface area contributed by atoms with Gasteiger partial charge < -0.3 is 10.2 Å². The number of carbonyl (C=O) groups excluding carboxylic acids is 1. The van der Waals surface area contributed by atoms with E-state index in [0.717, 1.165) is 31.9 Å². The molecule has 0 radical (unpaired) electrons. The van der Waals surface area contributed by atoms with Crippen LogP contribution in [0.15, 0.2) is 47.5 Å². The number of nitrogens with zero attached hydrogens (tertiary/aromatic N) is 3. The van der Waals surface area contributed by atoms with Gasteiger partial charge in [0.05, 0.1) is 5.69 Å². The fraction of sp³-hybridized carbons (Fsp3) is 0.364. The molecule has 2 aromatic rings. The zero-order valence-electron chi connectivity index (χ0n) is 16.2. The van der Waals surface area contributed by atoms with Gasteiger partial charge in [0, 0.05) is 55.4 Å². The number of hydrogen-bond acceptors (Lipinski definition) is 4. The maximum absolute atomic E-state index is 14.1. The molecule has 1 fully saturated rings. The molecule has 2 aromatic carbocycles. The first kappa shape index (κ1) is 18.6. The number of benzene rings is 2. The number of aliphatic imine (C=N–C) groups is 1. The normalized spacial score (nSPS) is 20.1. The molecule has 1 amide bonds. The molecule has 146 valence electrons. The molecular formula is C22H25FN4O. The lowest BCUT2D eigenvalue weighted by Crippen LogP contribution is -2.48. The first-order valence-corrected chi connectivity index (χ1v) is 9.75. The summed E-state index contributed by atoms with van der Waals surface area (Å²) in [5.74, 6) is -1.33. The summed E-state index contributed by atoms with van der Waals surface area (Å²) >= 11 is 0. The lowest BCUT2D eigenvalue weighted by atomic mass is 10.0. The van der Waals surface area contributed by atoms with E-state index >= 15 is 0 Å². The van der Waals surface area contributed by atoms with Crippen LogP contribution in [0, 0.1) is 5.82 Å². The summed E-state index contributed by atoms with van der Waals surface area (Å²) in [7, 11) is 0. The molecule has 5 nitrogen and oxygen atoms in total. The third-order valence-electron chi connectivity index (χ3n) is 5.54. The minimum atomic E-state index is -0.694. The van der Waals surface area contributed by atoms with Crippen LogP contribution in [0.5, 0.6) is 0 Å². The van der Waals surface area contributed by atoms with Gasteiger partial charge in [-0.05, 0) is 50.2 Å². The second kappa shape index (κ2) is 7.72. The zero-order valence-corrected chi connectivity index (χ0v) is 16.2. The summed E-state index contributed by atoms with van der Waals surface area (Å²) in [4.78, 5) is 21.4. The van der Waals surface area contributed by atoms with Crippen LogP contribution in [-0.2, 0) is 4.79 Å². The minimum Gasteiger partial charge on any atom is -0.369 e. The van der Waals surface area contributed by atoms with Crippen LogP contribution in [-0.4, -0.2) is 49.2 Å². The number of nitrogens with one attached hydrogen (secondary N) is 1. The van der Waals surface area contributed by atoms with Crippen LogP contribution >= 0.6 is 0 Å². The molecule has 2 heterocycles. The molecule has 28 heavy (non-hydrogen) atoms. The lowest BCUT2D eigenvalue weighted by Gasteiger charge is -2.38. The second-order valence-electron chi connectivity index (χ2n) is 7.58. The molecule has 1 saturated heterocycles. The van der Waals surface area contributed by atoms with Crippen molar-refractivity contribution in [3.8, 4) is 0 Å². The Morgan fingerprint density at radius 3 is 2.50 bits per heavy atom. The summed E-state index contributed by atoms with van der Waals surface area (Å²) in [6.07, 6.45) is 1.53. The molecular weight excluding hydrogens is 355 g/mol. The van der Waals surface area contributed by atoms with Crippen molar-refractivity contribution in [1.82, 2.24) is 4.90 Å². The largest absolute Gasteiger partial charge is 0.369 e. The van der Waals surface area contributed by atoms with Gasteiger partial charge in [0.1, 0.15) is 11.7 Å². The highest BCUT2D eigenvalue weighted by atomic mass is 19.1. The number of anilines is 2. The van der Waals surface area contributed by atoms with Crippen molar-refractivity contribution in [3.63, 3.8) is 0 Å². The maximum atomic E-state index is 14.1. The number of fused-ring (bicyclic) bond motifs is 1. The number of hydrogen-bond donors (Lipinski definition) is 1. The summed E-state index contributed by atoms with van der Waals surface area (Å²) < 4.78 is 14.1. The third kappa shape index (κ3) is 3.64. The molecule has 0 bridgehead atoms.